The van der Waals surface area contributed by atoms with Gasteiger partial charge >= 0.3 is 0 Å². The number of carbonyl (C=O) groups excluding carboxylic acids is 1. The van der Waals surface area contributed by atoms with Crippen molar-refractivity contribution in [1.82, 2.24) is 4.31 Å². The van der Waals surface area contributed by atoms with Crippen LogP contribution in [0.15, 0.2) is 53.4 Å². The molecule has 0 radical (unpaired) electrons. The van der Waals surface area contributed by atoms with Gasteiger partial charge in [-0.25, -0.2) is 12.8 Å². The molecule has 1 unspecified atom stereocenters. The number of benzene rings is 2. The van der Waals surface area contributed by atoms with Crippen molar-refractivity contribution >= 4 is 15.8 Å². The maximum absolute atomic E-state index is 13.4. The average molecular weight is 361 g/mol. The summed E-state index contributed by atoms with van der Waals surface area (Å²) < 4.78 is 46.2. The number of Topliss-reactive ketones (excluding diaryl/α,β-unsaturated/α-hetero) is 1. The number of halogens is 1. The molecule has 2 heterocycles. The van der Waals surface area contributed by atoms with Crippen molar-refractivity contribution in [3.8, 4) is 5.75 Å². The van der Waals surface area contributed by atoms with E-state index in [1.165, 1.54) is 22.5 Å². The minimum atomic E-state index is -3.83. The molecule has 7 heteroatoms. The Hall–Kier alpha value is -2.25. The lowest BCUT2D eigenvalue weighted by atomic mass is 9.89. The Morgan fingerprint density at radius 1 is 1.12 bits per heavy atom. The summed E-state index contributed by atoms with van der Waals surface area (Å²) in [6, 6.07) is 11.9. The maximum Gasteiger partial charge on any atom is 0.243 e. The van der Waals surface area contributed by atoms with Gasteiger partial charge < -0.3 is 4.74 Å². The predicted molar refractivity (Wildman–Crippen MR) is 88.5 cm³/mol. The number of ether oxygens (including phenoxy) is 1. The van der Waals surface area contributed by atoms with Gasteiger partial charge in [-0.05, 0) is 30.3 Å². The number of fused-ring (bicyclic) bond motifs is 1. The topological polar surface area (TPSA) is 63.7 Å². The lowest BCUT2D eigenvalue weighted by Gasteiger charge is -2.34. The molecule has 0 aliphatic carbocycles. The second-order valence-electron chi connectivity index (χ2n) is 6.43. The van der Waals surface area contributed by atoms with E-state index in [0.717, 1.165) is 6.07 Å². The Morgan fingerprint density at radius 2 is 1.92 bits per heavy atom. The highest BCUT2D eigenvalue weighted by Crippen LogP contribution is 2.40. The molecule has 0 bridgehead atoms. The van der Waals surface area contributed by atoms with Gasteiger partial charge in [0.05, 0.1) is 23.4 Å². The van der Waals surface area contributed by atoms with E-state index in [2.05, 4.69) is 0 Å². The van der Waals surface area contributed by atoms with Crippen LogP contribution in [0.3, 0.4) is 0 Å². The number of carbonyl (C=O) groups is 1. The minimum absolute atomic E-state index is 0.0492. The van der Waals surface area contributed by atoms with Crippen LogP contribution in [-0.4, -0.2) is 37.2 Å². The first-order valence-corrected chi connectivity index (χ1v) is 9.41. The Kier molecular flexibility index (Phi) is 3.66. The average Bonchev–Trinajstić information content (AvgIpc) is 2.99. The smallest absolute Gasteiger partial charge is 0.243 e. The molecule has 130 valence electrons. The zero-order valence-electron chi connectivity index (χ0n) is 13.3. The van der Waals surface area contributed by atoms with E-state index in [4.69, 9.17) is 4.74 Å². The van der Waals surface area contributed by atoms with Crippen LogP contribution in [0.1, 0.15) is 23.2 Å². The number of para-hydroxylation sites is 1. The van der Waals surface area contributed by atoms with E-state index >= 15 is 0 Å². The minimum Gasteiger partial charge on any atom is -0.485 e. The highest BCUT2D eigenvalue weighted by Gasteiger charge is 2.48. The van der Waals surface area contributed by atoms with Gasteiger partial charge in [-0.2, -0.15) is 4.31 Å². The van der Waals surface area contributed by atoms with Crippen molar-refractivity contribution in [1.29, 1.82) is 0 Å². The SMILES string of the molecule is O=C1CC2(CCN(S(=O)(=O)c3cccc(F)c3)C2)Oc2ccccc21. The highest BCUT2D eigenvalue weighted by molar-refractivity contribution is 7.89. The third-order valence-electron chi connectivity index (χ3n) is 4.71. The van der Waals surface area contributed by atoms with Crippen LogP contribution in [-0.2, 0) is 10.0 Å². The standard InChI is InChI=1S/C18H16FNO4S/c19-13-4-3-5-14(10-13)25(22,23)20-9-8-18(12-20)11-16(21)15-6-1-2-7-17(15)24-18/h1-7,10H,8-9,11-12H2. The second kappa shape index (κ2) is 5.64. The zero-order chi connectivity index (χ0) is 17.7. The lowest BCUT2D eigenvalue weighted by Crippen LogP contribution is -2.45. The fraction of sp³-hybridized carbons (Fsp3) is 0.278. The summed E-state index contributed by atoms with van der Waals surface area (Å²) >= 11 is 0. The van der Waals surface area contributed by atoms with Gasteiger partial charge in [0, 0.05) is 13.0 Å². The molecule has 1 spiro atoms. The van der Waals surface area contributed by atoms with E-state index in [9.17, 15) is 17.6 Å². The normalized spacial score (nSPS) is 23.5. The van der Waals surface area contributed by atoms with Gasteiger partial charge in [-0.3, -0.25) is 4.79 Å². The first kappa shape index (κ1) is 16.2. The lowest BCUT2D eigenvalue weighted by molar-refractivity contribution is 0.0498. The fourth-order valence-electron chi connectivity index (χ4n) is 3.46. The summed E-state index contributed by atoms with van der Waals surface area (Å²) in [5, 5.41) is 0. The quantitative estimate of drug-likeness (QED) is 0.825. The molecule has 5 nitrogen and oxygen atoms in total. The van der Waals surface area contributed by atoms with Crippen LogP contribution in [0.2, 0.25) is 0 Å². The molecular weight excluding hydrogens is 345 g/mol. The van der Waals surface area contributed by atoms with Crippen molar-refractivity contribution in [2.45, 2.75) is 23.3 Å². The van der Waals surface area contributed by atoms with Crippen molar-refractivity contribution in [3.63, 3.8) is 0 Å². The molecule has 1 saturated heterocycles. The van der Waals surface area contributed by atoms with E-state index in [-0.39, 0.29) is 30.2 Å². The molecule has 0 N–H and O–H groups in total. The maximum atomic E-state index is 13.4. The molecule has 25 heavy (non-hydrogen) atoms. The molecule has 4 rings (SSSR count). The Balaban J connectivity index is 1.63. The van der Waals surface area contributed by atoms with E-state index in [0.29, 0.717) is 17.7 Å². The van der Waals surface area contributed by atoms with Crippen molar-refractivity contribution in [2.24, 2.45) is 0 Å². The van der Waals surface area contributed by atoms with Gasteiger partial charge in [0.1, 0.15) is 17.2 Å². The molecule has 2 aliphatic rings. The molecule has 1 atom stereocenters. The first-order valence-electron chi connectivity index (χ1n) is 7.97. The summed E-state index contributed by atoms with van der Waals surface area (Å²) in [5.41, 5.74) is -0.328. The van der Waals surface area contributed by atoms with Crippen molar-refractivity contribution in [3.05, 3.63) is 59.9 Å². The Bertz CT molecular complexity index is 959. The third-order valence-corrected chi connectivity index (χ3v) is 6.55. The summed E-state index contributed by atoms with van der Waals surface area (Å²) in [7, 11) is -3.83. The molecule has 0 amide bonds. The zero-order valence-corrected chi connectivity index (χ0v) is 14.1. The number of rotatable bonds is 2. The van der Waals surface area contributed by atoms with Gasteiger partial charge in [-0.1, -0.05) is 18.2 Å². The van der Waals surface area contributed by atoms with Crippen LogP contribution >= 0.6 is 0 Å². The van der Waals surface area contributed by atoms with E-state index < -0.39 is 21.4 Å². The monoisotopic (exact) mass is 361 g/mol. The van der Waals surface area contributed by atoms with E-state index in [1.807, 2.05) is 0 Å². The van der Waals surface area contributed by atoms with Crippen LogP contribution in [0.4, 0.5) is 4.39 Å². The van der Waals surface area contributed by atoms with E-state index in [1.54, 1.807) is 24.3 Å². The summed E-state index contributed by atoms with van der Waals surface area (Å²) in [5.74, 6) is -0.163. The molecule has 2 aliphatic heterocycles. The Morgan fingerprint density at radius 3 is 2.72 bits per heavy atom. The largest absolute Gasteiger partial charge is 0.485 e. The number of sulfonamides is 1. The van der Waals surface area contributed by atoms with Crippen molar-refractivity contribution < 1.29 is 22.3 Å². The van der Waals surface area contributed by atoms with Crippen LogP contribution < -0.4 is 4.74 Å². The molecular formula is C18H16FNO4S. The summed E-state index contributed by atoms with van der Waals surface area (Å²) in [4.78, 5) is 12.3. The molecule has 2 aromatic rings. The fourth-order valence-corrected chi connectivity index (χ4v) is 5.01. The first-order chi connectivity index (χ1) is 11.9. The second-order valence-corrected chi connectivity index (χ2v) is 8.37. The third kappa shape index (κ3) is 2.73. The highest BCUT2D eigenvalue weighted by atomic mass is 32.2. The Labute approximate surface area is 145 Å². The van der Waals surface area contributed by atoms with Gasteiger partial charge in [0.15, 0.2) is 5.78 Å². The van der Waals surface area contributed by atoms with Gasteiger partial charge in [-0.15, -0.1) is 0 Å². The molecule has 2 aromatic carbocycles. The number of nitrogens with zero attached hydrogens (tertiary/aromatic N) is 1. The molecule has 0 saturated carbocycles. The molecule has 0 aromatic heterocycles. The van der Waals surface area contributed by atoms with Crippen LogP contribution in [0.25, 0.3) is 0 Å². The molecule has 1 fully saturated rings. The summed E-state index contributed by atoms with van der Waals surface area (Å²) in [6.07, 6.45) is 0.556. The van der Waals surface area contributed by atoms with Crippen molar-refractivity contribution in [2.75, 3.05) is 13.1 Å². The van der Waals surface area contributed by atoms with Crippen LogP contribution in [0.5, 0.6) is 5.75 Å². The number of hydrogen-bond acceptors (Lipinski definition) is 4. The van der Waals surface area contributed by atoms with Gasteiger partial charge in [0.25, 0.3) is 0 Å². The predicted octanol–water partition coefficient (Wildman–Crippen LogP) is 2.62. The van der Waals surface area contributed by atoms with Gasteiger partial charge in [0.2, 0.25) is 10.0 Å². The number of hydrogen-bond donors (Lipinski definition) is 0. The van der Waals surface area contributed by atoms with Crippen LogP contribution in [0, 0.1) is 5.82 Å². The summed E-state index contributed by atoms with van der Waals surface area (Å²) in [6.45, 7) is 0.306. The number of ketones is 1.